The van der Waals surface area contributed by atoms with Crippen LogP contribution >= 0.6 is 22.9 Å². The minimum absolute atomic E-state index is 0.151. The van der Waals surface area contributed by atoms with Crippen molar-refractivity contribution in [3.8, 4) is 0 Å². The third-order valence-corrected chi connectivity index (χ3v) is 8.09. The zero-order chi connectivity index (χ0) is 24.3. The Hall–Kier alpha value is -2.82. The molecule has 0 N–H and O–H groups in total. The van der Waals surface area contributed by atoms with Gasteiger partial charge in [0.2, 0.25) is 0 Å². The lowest BCUT2D eigenvalue weighted by Gasteiger charge is -2.29. The molecule has 1 unspecified atom stereocenters. The summed E-state index contributed by atoms with van der Waals surface area (Å²) < 4.78 is 61.3. The van der Waals surface area contributed by atoms with E-state index in [4.69, 9.17) is 11.6 Å². The minimum Gasteiger partial charge on any atom is -0.466 e. The van der Waals surface area contributed by atoms with Gasteiger partial charge in [-0.2, -0.15) is 0 Å². The van der Waals surface area contributed by atoms with Crippen LogP contribution in [0.3, 0.4) is 0 Å². The number of anilines is 1. The summed E-state index contributed by atoms with van der Waals surface area (Å²) in [5, 5.41) is 0.640. The molecule has 0 radical (unpaired) electrons. The van der Waals surface area contributed by atoms with Crippen LogP contribution in [0.15, 0.2) is 53.4 Å². The molecule has 1 aromatic heterocycles. The van der Waals surface area contributed by atoms with Crippen molar-refractivity contribution in [3.05, 3.63) is 80.8 Å². The molecule has 1 atom stereocenters. The van der Waals surface area contributed by atoms with Crippen molar-refractivity contribution in [1.82, 2.24) is 4.98 Å². The monoisotopic (exact) mass is 512 g/mol. The summed E-state index contributed by atoms with van der Waals surface area (Å²) >= 11 is 7.00. The third-order valence-electron chi connectivity index (χ3n) is 4.65. The number of hydrogen-bond acceptors (Lipinski definition) is 6. The molecule has 0 aliphatic heterocycles. The number of hydrogen-bond donors (Lipinski definition) is 0. The van der Waals surface area contributed by atoms with Gasteiger partial charge >= 0.3 is 5.97 Å². The van der Waals surface area contributed by atoms with Crippen LogP contribution in [-0.4, -0.2) is 26.5 Å². The normalized spacial score (nSPS) is 12.7. The first-order chi connectivity index (χ1) is 15.5. The van der Waals surface area contributed by atoms with Gasteiger partial charge in [-0.1, -0.05) is 11.6 Å². The first kappa shape index (κ1) is 24.8. The van der Waals surface area contributed by atoms with Crippen LogP contribution in [-0.2, 0) is 19.6 Å². The SMILES string of the molecule is COC(=O)/C=C/c1sc(C(C)N(c2cc(F)ccc2F)S(=O)(=O)c2ccc(Cl)cc2)nc1C. The minimum atomic E-state index is -4.35. The molecule has 11 heteroatoms. The summed E-state index contributed by atoms with van der Waals surface area (Å²) in [4.78, 5) is 16.3. The summed E-state index contributed by atoms with van der Waals surface area (Å²) in [6.45, 7) is 3.20. The zero-order valence-electron chi connectivity index (χ0n) is 17.8. The molecule has 0 aliphatic carbocycles. The van der Waals surface area contributed by atoms with Crippen LogP contribution in [0.5, 0.6) is 0 Å². The Bertz CT molecular complexity index is 1310. The Morgan fingerprint density at radius 2 is 1.88 bits per heavy atom. The maximum Gasteiger partial charge on any atom is 0.330 e. The van der Waals surface area contributed by atoms with E-state index >= 15 is 0 Å². The number of carbonyl (C=O) groups is 1. The van der Waals surface area contributed by atoms with E-state index in [1.165, 1.54) is 50.5 Å². The predicted octanol–water partition coefficient (Wildman–Crippen LogP) is 5.53. The largest absolute Gasteiger partial charge is 0.466 e. The summed E-state index contributed by atoms with van der Waals surface area (Å²) in [5.41, 5.74) is 0.0718. The number of thiazole rings is 1. The van der Waals surface area contributed by atoms with Gasteiger partial charge in [-0.15, -0.1) is 11.3 Å². The molecule has 33 heavy (non-hydrogen) atoms. The van der Waals surface area contributed by atoms with E-state index < -0.39 is 39.4 Å². The molecule has 0 saturated heterocycles. The number of aromatic nitrogens is 1. The lowest BCUT2D eigenvalue weighted by atomic mass is 10.2. The summed E-state index contributed by atoms with van der Waals surface area (Å²) in [6, 6.07) is 6.92. The van der Waals surface area contributed by atoms with Crippen molar-refractivity contribution in [2.75, 3.05) is 11.4 Å². The van der Waals surface area contributed by atoms with Crippen LogP contribution in [0.1, 0.15) is 28.5 Å². The molecule has 174 valence electrons. The second kappa shape index (κ2) is 9.98. The Labute approximate surface area is 199 Å². The summed E-state index contributed by atoms with van der Waals surface area (Å²) in [7, 11) is -3.11. The Kier molecular flexibility index (Phi) is 7.51. The van der Waals surface area contributed by atoms with Gasteiger partial charge in [0.25, 0.3) is 10.0 Å². The Morgan fingerprint density at radius 3 is 2.52 bits per heavy atom. The smallest absolute Gasteiger partial charge is 0.330 e. The van der Waals surface area contributed by atoms with Crippen molar-refractivity contribution in [1.29, 1.82) is 0 Å². The number of ether oxygens (including phenoxy) is 1. The van der Waals surface area contributed by atoms with Crippen LogP contribution < -0.4 is 4.31 Å². The number of sulfonamides is 1. The lowest BCUT2D eigenvalue weighted by molar-refractivity contribution is -0.134. The number of benzene rings is 2. The van der Waals surface area contributed by atoms with Gasteiger partial charge in [0.15, 0.2) is 0 Å². The molecule has 0 fully saturated rings. The number of methoxy groups -OCH3 is 1. The maximum atomic E-state index is 14.8. The molecule has 2 aromatic carbocycles. The highest BCUT2D eigenvalue weighted by Gasteiger charge is 2.34. The fourth-order valence-electron chi connectivity index (χ4n) is 3.00. The van der Waals surface area contributed by atoms with Crippen LogP contribution in [0.25, 0.3) is 6.08 Å². The van der Waals surface area contributed by atoms with E-state index in [9.17, 15) is 22.0 Å². The molecule has 0 saturated carbocycles. The van der Waals surface area contributed by atoms with Gasteiger partial charge in [-0.3, -0.25) is 4.31 Å². The molecule has 1 heterocycles. The van der Waals surface area contributed by atoms with Gasteiger partial charge in [0.05, 0.1) is 34.3 Å². The topological polar surface area (TPSA) is 76.6 Å². The highest BCUT2D eigenvalue weighted by atomic mass is 35.5. The fourth-order valence-corrected chi connectivity index (χ4v) is 5.82. The molecule has 3 rings (SSSR count). The standard InChI is InChI=1S/C22H19ClF2N2O4S2/c1-13-20(10-11-21(28)31-3)32-22(26-13)14(2)27(19-12-16(24)6-9-18(19)25)33(29,30)17-7-4-15(23)5-8-17/h4-12,14H,1-3H3/b11-10+. The van der Waals surface area contributed by atoms with E-state index in [2.05, 4.69) is 9.72 Å². The van der Waals surface area contributed by atoms with E-state index in [-0.39, 0.29) is 4.90 Å². The van der Waals surface area contributed by atoms with E-state index in [0.29, 0.717) is 20.6 Å². The zero-order valence-corrected chi connectivity index (χ0v) is 20.1. The average molecular weight is 513 g/mol. The predicted molar refractivity (Wildman–Crippen MR) is 124 cm³/mol. The second-order valence-corrected chi connectivity index (χ2v) is 10.2. The number of esters is 1. The van der Waals surface area contributed by atoms with Crippen molar-refractivity contribution >= 4 is 50.7 Å². The molecule has 3 aromatic rings. The Morgan fingerprint density at radius 1 is 1.21 bits per heavy atom. The fraction of sp³-hybridized carbons (Fsp3) is 0.182. The molecule has 0 bridgehead atoms. The first-order valence-electron chi connectivity index (χ1n) is 9.53. The van der Waals surface area contributed by atoms with Crippen molar-refractivity contribution in [2.45, 2.75) is 24.8 Å². The van der Waals surface area contributed by atoms with Crippen molar-refractivity contribution < 1.29 is 26.7 Å². The van der Waals surface area contributed by atoms with Gasteiger partial charge in [0.1, 0.15) is 16.6 Å². The van der Waals surface area contributed by atoms with Gasteiger partial charge in [-0.25, -0.2) is 27.0 Å². The highest BCUT2D eigenvalue weighted by Crippen LogP contribution is 2.37. The number of rotatable bonds is 7. The van der Waals surface area contributed by atoms with E-state index in [1.54, 1.807) is 6.92 Å². The third kappa shape index (κ3) is 5.40. The quantitative estimate of drug-likeness (QED) is 0.307. The number of carbonyl (C=O) groups excluding carboxylic acids is 1. The maximum absolute atomic E-state index is 14.8. The van der Waals surface area contributed by atoms with E-state index in [0.717, 1.165) is 33.8 Å². The average Bonchev–Trinajstić information content (AvgIpc) is 3.15. The number of nitrogens with zero attached hydrogens (tertiary/aromatic N) is 2. The molecule has 6 nitrogen and oxygen atoms in total. The highest BCUT2D eigenvalue weighted by molar-refractivity contribution is 7.92. The van der Waals surface area contributed by atoms with Crippen LogP contribution in [0.2, 0.25) is 5.02 Å². The van der Waals surface area contributed by atoms with Gasteiger partial charge < -0.3 is 4.74 Å². The molecule has 0 aliphatic rings. The summed E-state index contributed by atoms with van der Waals surface area (Å²) in [5.74, 6) is -2.28. The van der Waals surface area contributed by atoms with Crippen LogP contribution in [0.4, 0.5) is 14.5 Å². The van der Waals surface area contributed by atoms with Gasteiger partial charge in [0, 0.05) is 17.2 Å². The first-order valence-corrected chi connectivity index (χ1v) is 12.2. The van der Waals surface area contributed by atoms with Crippen molar-refractivity contribution in [2.24, 2.45) is 0 Å². The lowest BCUT2D eigenvalue weighted by Crippen LogP contribution is -2.34. The summed E-state index contributed by atoms with van der Waals surface area (Å²) in [6.07, 6.45) is 2.71. The van der Waals surface area contributed by atoms with Crippen LogP contribution in [0, 0.1) is 18.6 Å². The molecule has 0 amide bonds. The Balaban J connectivity index is 2.14. The molecular formula is C22H19ClF2N2O4S2. The number of halogens is 3. The van der Waals surface area contributed by atoms with Crippen molar-refractivity contribution in [3.63, 3.8) is 0 Å². The molecule has 0 spiro atoms. The number of aryl methyl sites for hydroxylation is 1. The molecular weight excluding hydrogens is 494 g/mol. The van der Waals surface area contributed by atoms with Gasteiger partial charge in [-0.05, 0) is 56.3 Å². The van der Waals surface area contributed by atoms with E-state index in [1.807, 2.05) is 0 Å². The second-order valence-electron chi connectivity index (χ2n) is 6.88.